The van der Waals surface area contributed by atoms with Crippen molar-refractivity contribution in [1.29, 1.82) is 0 Å². The Kier molecular flexibility index (Phi) is 19.1. The summed E-state index contributed by atoms with van der Waals surface area (Å²) in [6.07, 6.45) is 0. The summed E-state index contributed by atoms with van der Waals surface area (Å²) < 4.78 is 67.9. The summed E-state index contributed by atoms with van der Waals surface area (Å²) >= 11 is 0. The minimum Gasteiger partial charge on any atom is -0.444 e. The molecule has 89 valence electrons. The predicted octanol–water partition coefficient (Wildman–Crippen LogP) is -9.26. The Balaban J connectivity index is -0.0000000535. The molecule has 0 aliphatic heterocycles. The third-order valence-electron chi connectivity index (χ3n) is 0. The van der Waals surface area contributed by atoms with Gasteiger partial charge in [-0.05, 0) is 0 Å². The van der Waals surface area contributed by atoms with Gasteiger partial charge in [0.05, 0.1) is 0 Å². The van der Waals surface area contributed by atoms with Crippen molar-refractivity contribution in [2.24, 2.45) is 5.34 Å². The van der Waals surface area contributed by atoms with E-state index in [0.717, 1.165) is 5.34 Å². The molecule has 0 amide bonds. The molecule has 1 radical (unpaired) electrons. The Morgan fingerprint density at radius 1 is 0.714 bits per heavy atom. The zero-order valence-corrected chi connectivity index (χ0v) is 8.17. The number of hydrogen-bond donors (Lipinski definition) is 0. The van der Waals surface area contributed by atoms with Crippen molar-refractivity contribution in [2.75, 3.05) is 0 Å². The average molecular weight is 304 g/mol. The van der Waals surface area contributed by atoms with Gasteiger partial charge in [-0.3, -0.25) is 0 Å². The van der Waals surface area contributed by atoms with E-state index >= 15 is 0 Å². The van der Waals surface area contributed by atoms with Crippen LogP contribution >= 0.6 is 0 Å². The molecule has 0 heterocycles. The van der Waals surface area contributed by atoms with E-state index in [1.807, 2.05) is 0 Å². The standard InChI is InChI=1S/2ClHO4.Co.HNO2/c2*2-1(3,4)5;;2-1-3/h2*(H,2,3,4,5);;(H,2,3)/q;;+2;/p-3. The van der Waals surface area contributed by atoms with E-state index in [-0.39, 0.29) is 16.8 Å². The van der Waals surface area contributed by atoms with Crippen molar-refractivity contribution >= 4 is 0 Å². The maximum Gasteiger partial charge on any atom is 2.00 e. The zero-order valence-electron chi connectivity index (χ0n) is 5.62. The summed E-state index contributed by atoms with van der Waals surface area (Å²) in [5.74, 6) is 0. The van der Waals surface area contributed by atoms with Crippen LogP contribution in [0.15, 0.2) is 5.34 Å². The van der Waals surface area contributed by atoms with Crippen LogP contribution < -0.4 is 37.3 Å². The van der Waals surface area contributed by atoms with Gasteiger partial charge in [-0.2, -0.15) is 0 Å². The number of rotatable bonds is 0. The second kappa shape index (κ2) is 11.2. The first-order chi connectivity index (χ1) is 5.41. The molecule has 0 aliphatic rings. The van der Waals surface area contributed by atoms with E-state index in [2.05, 4.69) is 0 Å². The van der Waals surface area contributed by atoms with Gasteiger partial charge in [0, 0.05) is 0 Å². The van der Waals surface area contributed by atoms with Crippen molar-refractivity contribution in [3.05, 3.63) is 10.1 Å². The quantitative estimate of drug-likeness (QED) is 0.302. The van der Waals surface area contributed by atoms with Crippen LogP contribution in [-0.2, 0) is 16.8 Å². The second-order valence-electron chi connectivity index (χ2n) is 0.830. The first-order valence-corrected chi connectivity index (χ1v) is 4.07. The van der Waals surface area contributed by atoms with Crippen LogP contribution in [0.25, 0.3) is 0 Å². The third kappa shape index (κ3) is 54700. The molecule has 14 heteroatoms. The SMILES string of the molecule is O=N[O-].[Co+2].[O-][Cl+3]([O-])([O-])[O-].[O-][Cl+3]([O-])([O-])[O-]. The smallest absolute Gasteiger partial charge is 0.444 e. The number of hydrogen-bond acceptors (Lipinski definition) is 11. The maximum absolute atomic E-state index is 8.49. The fourth-order valence-corrected chi connectivity index (χ4v) is 0. The topological polar surface area (TPSA) is 237 Å². The molecule has 0 unspecified atom stereocenters. The molecular weight excluding hydrogens is 304 g/mol. The van der Waals surface area contributed by atoms with E-state index in [9.17, 15) is 0 Å². The Morgan fingerprint density at radius 2 is 0.714 bits per heavy atom. The fourth-order valence-electron chi connectivity index (χ4n) is 0. The van der Waals surface area contributed by atoms with Crippen LogP contribution in [0.5, 0.6) is 0 Å². The van der Waals surface area contributed by atoms with Gasteiger partial charge in [0.15, 0.2) is 0 Å². The van der Waals surface area contributed by atoms with Gasteiger partial charge < -0.3 is 10.1 Å². The minimum atomic E-state index is -4.94. The van der Waals surface area contributed by atoms with Crippen LogP contribution in [0.1, 0.15) is 0 Å². The Labute approximate surface area is 90.4 Å². The maximum atomic E-state index is 8.49. The van der Waals surface area contributed by atoms with Crippen LogP contribution in [-0.4, -0.2) is 0 Å². The van der Waals surface area contributed by atoms with E-state index in [1.165, 1.54) is 0 Å². The first-order valence-electron chi connectivity index (χ1n) is 1.60. The van der Waals surface area contributed by atoms with Crippen molar-refractivity contribution in [3.8, 4) is 0 Å². The van der Waals surface area contributed by atoms with E-state index in [4.69, 9.17) is 47.4 Å². The zero-order chi connectivity index (χ0) is 11.7. The summed E-state index contributed by atoms with van der Waals surface area (Å²) in [6.45, 7) is 0. The van der Waals surface area contributed by atoms with Gasteiger partial charge in [-0.15, -0.1) is 25.8 Å². The van der Waals surface area contributed by atoms with Gasteiger partial charge in [0.2, 0.25) is 0 Å². The molecule has 14 heavy (non-hydrogen) atoms. The molecule has 0 atom stereocenters. The molecule has 0 aliphatic carbocycles. The van der Waals surface area contributed by atoms with Crippen molar-refractivity contribution in [1.82, 2.24) is 0 Å². The average Bonchev–Trinajstić information content (AvgIpc) is 1.52. The Bertz CT molecular complexity index is 90.3. The van der Waals surface area contributed by atoms with Crippen molar-refractivity contribution in [3.63, 3.8) is 0 Å². The predicted molar refractivity (Wildman–Crippen MR) is 9.16 cm³/mol. The van der Waals surface area contributed by atoms with Crippen LogP contribution in [0.4, 0.5) is 0 Å². The van der Waals surface area contributed by atoms with Crippen molar-refractivity contribution in [2.45, 2.75) is 0 Å². The van der Waals surface area contributed by atoms with Gasteiger partial charge >= 0.3 is 16.8 Å². The monoisotopic (exact) mass is 303 g/mol. The molecule has 0 N–H and O–H groups in total. The summed E-state index contributed by atoms with van der Waals surface area (Å²) in [6, 6.07) is 0. The van der Waals surface area contributed by atoms with E-state index in [1.54, 1.807) is 0 Å². The molecule has 0 spiro atoms. The van der Waals surface area contributed by atoms with Crippen LogP contribution in [0.3, 0.4) is 0 Å². The summed E-state index contributed by atoms with van der Waals surface area (Å²) in [7, 11) is -9.89. The fraction of sp³-hybridized carbons (Fsp3) is 0. The summed E-state index contributed by atoms with van der Waals surface area (Å²) in [4.78, 5) is 8.00. The molecule has 0 aromatic carbocycles. The Hall–Kier alpha value is 0.166. The molecule has 0 aromatic heterocycles. The number of halogens is 2. The van der Waals surface area contributed by atoms with Gasteiger partial charge in [0.25, 0.3) is 0 Å². The van der Waals surface area contributed by atoms with Crippen molar-refractivity contribution < 1.29 is 74.5 Å². The first kappa shape index (κ1) is 23.8. The molecule has 0 rings (SSSR count). The van der Waals surface area contributed by atoms with E-state index in [0.29, 0.717) is 0 Å². The molecule has 0 bridgehead atoms. The third-order valence-corrected chi connectivity index (χ3v) is 0. The molecule has 0 fully saturated rings. The molecule has 0 saturated carbocycles. The number of nitrogens with zero attached hydrogens (tertiary/aromatic N) is 1. The van der Waals surface area contributed by atoms with Gasteiger partial charge in [0.1, 0.15) is 0 Å². The largest absolute Gasteiger partial charge is 2.00 e. The summed E-state index contributed by atoms with van der Waals surface area (Å²) in [5.41, 5.74) is 0. The molecule has 0 saturated heterocycles. The van der Waals surface area contributed by atoms with Gasteiger partial charge in [-0.1, -0.05) is 0 Å². The molecular formula is Cl2CoNO10-. The molecule has 0 aromatic rings. The second-order valence-corrected chi connectivity index (χ2v) is 2.34. The van der Waals surface area contributed by atoms with Gasteiger partial charge in [-0.25, -0.2) is 37.3 Å². The summed E-state index contributed by atoms with van der Waals surface area (Å²) in [5, 5.41) is 9.00. The minimum absolute atomic E-state index is 0. The normalized spacial score (nSPS) is 9.43. The molecule has 11 nitrogen and oxygen atoms in total. The van der Waals surface area contributed by atoms with E-state index < -0.39 is 20.5 Å². The Morgan fingerprint density at radius 3 is 0.714 bits per heavy atom. The van der Waals surface area contributed by atoms with Crippen LogP contribution in [0, 0.1) is 30.6 Å². The van der Waals surface area contributed by atoms with Crippen LogP contribution in [0.2, 0.25) is 0 Å².